The Morgan fingerprint density at radius 3 is 2.62 bits per heavy atom. The first-order chi connectivity index (χ1) is 7.36. The van der Waals surface area contributed by atoms with Gasteiger partial charge in [-0.25, -0.2) is 0 Å². The lowest BCUT2D eigenvalue weighted by molar-refractivity contribution is -0.124. The van der Waals surface area contributed by atoms with Crippen molar-refractivity contribution in [2.75, 3.05) is 5.32 Å². The Balaban J connectivity index is 2.85. The number of phenolic OH excluding ortho intramolecular Hbond substituents is 1. The van der Waals surface area contributed by atoms with Gasteiger partial charge in [0.05, 0.1) is 10.7 Å². The fourth-order valence-corrected chi connectivity index (χ4v) is 1.28. The zero-order chi connectivity index (χ0) is 12.3. The highest BCUT2D eigenvalue weighted by atomic mass is 35.5. The highest BCUT2D eigenvalue weighted by Crippen LogP contribution is 2.28. The van der Waals surface area contributed by atoms with Crippen molar-refractivity contribution in [1.82, 2.24) is 0 Å². The number of aromatic hydroxyl groups is 1. The zero-order valence-corrected chi connectivity index (χ0v) is 10.4. The molecule has 1 amide bonds. The van der Waals surface area contributed by atoms with Crippen molar-refractivity contribution in [1.29, 1.82) is 0 Å². The predicted molar refractivity (Wildman–Crippen MR) is 65.8 cm³/mol. The van der Waals surface area contributed by atoms with Gasteiger partial charge < -0.3 is 10.4 Å². The molecular weight excluding hydrogens is 226 g/mol. The molecule has 16 heavy (non-hydrogen) atoms. The van der Waals surface area contributed by atoms with Gasteiger partial charge in [0, 0.05) is 11.5 Å². The molecule has 0 aromatic heterocycles. The SMILES string of the molecule is CCC(C)(C)C(=O)Nc1ccc(O)cc1Cl. The van der Waals surface area contributed by atoms with Gasteiger partial charge in [-0.05, 0) is 18.6 Å². The van der Waals surface area contributed by atoms with Crippen LogP contribution in [0.4, 0.5) is 5.69 Å². The molecule has 88 valence electrons. The van der Waals surface area contributed by atoms with Gasteiger partial charge >= 0.3 is 0 Å². The second kappa shape index (κ2) is 4.74. The minimum atomic E-state index is -0.429. The monoisotopic (exact) mass is 241 g/mol. The van der Waals surface area contributed by atoms with E-state index in [9.17, 15) is 9.90 Å². The molecule has 0 bridgehead atoms. The molecule has 1 rings (SSSR count). The summed E-state index contributed by atoms with van der Waals surface area (Å²) in [7, 11) is 0. The van der Waals surface area contributed by atoms with Crippen LogP contribution >= 0.6 is 11.6 Å². The number of hydrogen-bond donors (Lipinski definition) is 2. The maximum absolute atomic E-state index is 11.9. The van der Waals surface area contributed by atoms with Gasteiger partial charge in [-0.1, -0.05) is 32.4 Å². The fourth-order valence-electron chi connectivity index (χ4n) is 1.06. The van der Waals surface area contributed by atoms with E-state index in [1.807, 2.05) is 20.8 Å². The van der Waals surface area contributed by atoms with Crippen LogP contribution in [0.1, 0.15) is 27.2 Å². The lowest BCUT2D eigenvalue weighted by Gasteiger charge is -2.21. The van der Waals surface area contributed by atoms with Crippen LogP contribution in [0, 0.1) is 5.41 Å². The number of anilines is 1. The molecule has 0 spiro atoms. The maximum Gasteiger partial charge on any atom is 0.230 e. The van der Waals surface area contributed by atoms with Gasteiger partial charge in [0.25, 0.3) is 0 Å². The number of rotatable bonds is 3. The van der Waals surface area contributed by atoms with Crippen LogP contribution in [-0.2, 0) is 4.79 Å². The number of benzene rings is 1. The molecule has 4 heteroatoms. The van der Waals surface area contributed by atoms with Crippen molar-refractivity contribution in [3.63, 3.8) is 0 Å². The normalized spacial score (nSPS) is 11.2. The summed E-state index contributed by atoms with van der Waals surface area (Å²) >= 11 is 5.89. The van der Waals surface area contributed by atoms with Crippen molar-refractivity contribution in [3.05, 3.63) is 23.2 Å². The smallest absolute Gasteiger partial charge is 0.230 e. The summed E-state index contributed by atoms with van der Waals surface area (Å²) in [5.74, 6) is 0.000315. The summed E-state index contributed by atoms with van der Waals surface area (Å²) in [5, 5.41) is 12.3. The van der Waals surface area contributed by atoms with E-state index in [2.05, 4.69) is 5.32 Å². The van der Waals surface area contributed by atoms with E-state index in [-0.39, 0.29) is 11.7 Å². The van der Waals surface area contributed by atoms with E-state index in [1.54, 1.807) is 6.07 Å². The quantitative estimate of drug-likeness (QED) is 0.797. The van der Waals surface area contributed by atoms with E-state index in [1.165, 1.54) is 12.1 Å². The molecule has 0 aliphatic heterocycles. The van der Waals surface area contributed by atoms with Crippen molar-refractivity contribution >= 4 is 23.2 Å². The Hall–Kier alpha value is -1.22. The average Bonchev–Trinajstić information content (AvgIpc) is 2.22. The van der Waals surface area contributed by atoms with E-state index in [4.69, 9.17) is 11.6 Å². The topological polar surface area (TPSA) is 49.3 Å². The second-order valence-corrected chi connectivity index (χ2v) is 4.76. The third kappa shape index (κ3) is 2.89. The van der Waals surface area contributed by atoms with Crippen molar-refractivity contribution in [3.8, 4) is 5.75 Å². The average molecular weight is 242 g/mol. The summed E-state index contributed by atoms with van der Waals surface area (Å²) in [6.45, 7) is 5.70. The Kier molecular flexibility index (Phi) is 3.81. The van der Waals surface area contributed by atoms with E-state index in [0.29, 0.717) is 10.7 Å². The number of hydrogen-bond acceptors (Lipinski definition) is 2. The maximum atomic E-state index is 11.9. The first-order valence-corrected chi connectivity index (χ1v) is 5.54. The van der Waals surface area contributed by atoms with Crippen molar-refractivity contribution in [2.24, 2.45) is 5.41 Å². The molecule has 0 aliphatic rings. The summed E-state index contributed by atoms with van der Waals surface area (Å²) in [5.41, 5.74) is 0.0901. The zero-order valence-electron chi connectivity index (χ0n) is 9.67. The predicted octanol–water partition coefficient (Wildman–Crippen LogP) is 3.42. The number of halogens is 1. The first-order valence-electron chi connectivity index (χ1n) is 5.17. The number of carbonyl (C=O) groups is 1. The van der Waals surface area contributed by atoms with Crippen LogP contribution < -0.4 is 5.32 Å². The van der Waals surface area contributed by atoms with Crippen LogP contribution in [0.3, 0.4) is 0 Å². The van der Waals surface area contributed by atoms with Crippen LogP contribution in [-0.4, -0.2) is 11.0 Å². The summed E-state index contributed by atoms with van der Waals surface area (Å²) in [4.78, 5) is 11.9. The molecule has 1 aromatic carbocycles. The van der Waals surface area contributed by atoms with Gasteiger partial charge in [0.15, 0.2) is 0 Å². The minimum absolute atomic E-state index is 0.0809. The lowest BCUT2D eigenvalue weighted by atomic mass is 9.89. The number of carbonyl (C=O) groups excluding carboxylic acids is 1. The van der Waals surface area contributed by atoms with Gasteiger partial charge in [0.2, 0.25) is 5.91 Å². The molecule has 0 saturated heterocycles. The summed E-state index contributed by atoms with van der Waals surface area (Å²) in [6.07, 6.45) is 0.745. The molecule has 1 aromatic rings. The Labute approximate surface area is 100 Å². The number of nitrogens with one attached hydrogen (secondary N) is 1. The summed E-state index contributed by atoms with van der Waals surface area (Å²) in [6, 6.07) is 4.47. The molecular formula is C12H16ClNO2. The van der Waals surface area contributed by atoms with Crippen molar-refractivity contribution < 1.29 is 9.90 Å². The second-order valence-electron chi connectivity index (χ2n) is 4.36. The third-order valence-electron chi connectivity index (χ3n) is 2.70. The molecule has 0 fully saturated rings. The Morgan fingerprint density at radius 1 is 1.50 bits per heavy atom. The number of phenols is 1. The molecule has 2 N–H and O–H groups in total. The van der Waals surface area contributed by atoms with Gasteiger partial charge in [0.1, 0.15) is 5.75 Å². The van der Waals surface area contributed by atoms with E-state index < -0.39 is 5.41 Å². The van der Waals surface area contributed by atoms with Crippen LogP contribution in [0.15, 0.2) is 18.2 Å². The van der Waals surface area contributed by atoms with Crippen LogP contribution in [0.5, 0.6) is 5.75 Å². The fraction of sp³-hybridized carbons (Fsp3) is 0.417. The van der Waals surface area contributed by atoms with Crippen LogP contribution in [0.25, 0.3) is 0 Å². The first kappa shape index (κ1) is 12.8. The molecule has 0 heterocycles. The van der Waals surface area contributed by atoms with E-state index >= 15 is 0 Å². The molecule has 0 aliphatic carbocycles. The highest BCUT2D eigenvalue weighted by Gasteiger charge is 2.25. The molecule has 0 atom stereocenters. The molecule has 3 nitrogen and oxygen atoms in total. The largest absolute Gasteiger partial charge is 0.508 e. The minimum Gasteiger partial charge on any atom is -0.508 e. The molecule has 0 saturated carbocycles. The van der Waals surface area contributed by atoms with Crippen molar-refractivity contribution in [2.45, 2.75) is 27.2 Å². The molecule has 0 unspecified atom stereocenters. The lowest BCUT2D eigenvalue weighted by Crippen LogP contribution is -2.30. The van der Waals surface area contributed by atoms with E-state index in [0.717, 1.165) is 6.42 Å². The summed E-state index contributed by atoms with van der Waals surface area (Å²) < 4.78 is 0. The third-order valence-corrected chi connectivity index (χ3v) is 3.01. The van der Waals surface area contributed by atoms with Gasteiger partial charge in [-0.15, -0.1) is 0 Å². The van der Waals surface area contributed by atoms with Gasteiger partial charge in [-0.3, -0.25) is 4.79 Å². The highest BCUT2D eigenvalue weighted by molar-refractivity contribution is 6.33. The van der Waals surface area contributed by atoms with Crippen LogP contribution in [0.2, 0.25) is 5.02 Å². The standard InChI is InChI=1S/C12H16ClNO2/c1-4-12(2,3)11(16)14-10-6-5-8(15)7-9(10)13/h5-7,15H,4H2,1-3H3,(H,14,16). The molecule has 0 radical (unpaired) electrons. The van der Waals surface area contributed by atoms with Gasteiger partial charge in [-0.2, -0.15) is 0 Å². The Morgan fingerprint density at radius 2 is 2.12 bits per heavy atom. The number of amides is 1. The Bertz CT molecular complexity index is 402.